The van der Waals surface area contributed by atoms with Crippen molar-refractivity contribution >= 4 is 0 Å². The molecule has 4 nitrogen and oxygen atoms in total. The molecule has 4 heteroatoms. The van der Waals surface area contributed by atoms with Gasteiger partial charge in [-0.25, -0.2) is 0 Å². The van der Waals surface area contributed by atoms with E-state index in [0.29, 0.717) is 11.7 Å². The summed E-state index contributed by atoms with van der Waals surface area (Å²) in [6.45, 7) is 6.15. The van der Waals surface area contributed by atoms with Crippen molar-refractivity contribution in [2.45, 2.75) is 38.6 Å². The van der Waals surface area contributed by atoms with Crippen molar-refractivity contribution in [1.82, 2.24) is 10.1 Å². The second kappa shape index (κ2) is 4.90. The van der Waals surface area contributed by atoms with Crippen molar-refractivity contribution in [2.24, 2.45) is 5.73 Å². The zero-order chi connectivity index (χ0) is 13.2. The Bertz CT molecular complexity index is 505. The van der Waals surface area contributed by atoms with Crippen molar-refractivity contribution in [3.63, 3.8) is 0 Å². The molecule has 0 aliphatic carbocycles. The smallest absolute Gasteiger partial charge is 0.243 e. The van der Waals surface area contributed by atoms with Crippen LogP contribution in [0.25, 0.3) is 0 Å². The van der Waals surface area contributed by atoms with Crippen molar-refractivity contribution in [1.29, 1.82) is 0 Å². The third-order valence-corrected chi connectivity index (χ3v) is 3.25. The summed E-state index contributed by atoms with van der Waals surface area (Å²) < 4.78 is 5.24. The number of aromatic nitrogens is 2. The molecule has 0 saturated carbocycles. The van der Waals surface area contributed by atoms with Crippen molar-refractivity contribution in [3.05, 3.63) is 47.6 Å². The molecule has 2 aromatic rings. The van der Waals surface area contributed by atoms with Crippen molar-refractivity contribution in [3.8, 4) is 0 Å². The molecule has 1 aromatic carbocycles. The standard InChI is InChI=1S/C14H19N3O/c1-4-11(15)12-16-13(17-18-12)14(2,3)10-8-6-5-7-9-10/h5-9,11H,4,15H2,1-3H3. The van der Waals surface area contributed by atoms with Crippen LogP contribution in [0.1, 0.15) is 50.5 Å². The molecule has 0 bridgehead atoms. The number of nitrogens with zero attached hydrogens (tertiary/aromatic N) is 2. The minimum atomic E-state index is -0.281. The lowest BCUT2D eigenvalue weighted by atomic mass is 9.84. The van der Waals surface area contributed by atoms with Gasteiger partial charge in [0.05, 0.1) is 11.5 Å². The monoisotopic (exact) mass is 245 g/mol. The first-order valence-corrected chi connectivity index (χ1v) is 6.21. The van der Waals surface area contributed by atoms with E-state index in [-0.39, 0.29) is 11.5 Å². The molecule has 0 amide bonds. The van der Waals surface area contributed by atoms with Gasteiger partial charge < -0.3 is 10.3 Å². The summed E-state index contributed by atoms with van der Waals surface area (Å²) in [5, 5.41) is 4.07. The minimum Gasteiger partial charge on any atom is -0.338 e. The number of rotatable bonds is 4. The SMILES string of the molecule is CCC(N)c1nc(C(C)(C)c2ccccc2)no1. The Labute approximate surface area is 107 Å². The van der Waals surface area contributed by atoms with Gasteiger partial charge in [-0.05, 0) is 25.8 Å². The molecular formula is C14H19N3O. The maximum Gasteiger partial charge on any atom is 0.243 e. The molecule has 0 aliphatic rings. The van der Waals surface area contributed by atoms with Gasteiger partial charge in [0.15, 0.2) is 5.82 Å². The van der Waals surface area contributed by atoms with Gasteiger partial charge in [-0.3, -0.25) is 0 Å². The Balaban J connectivity index is 2.33. The number of hydrogen-bond acceptors (Lipinski definition) is 4. The van der Waals surface area contributed by atoms with E-state index in [4.69, 9.17) is 10.3 Å². The van der Waals surface area contributed by atoms with Crippen LogP contribution < -0.4 is 5.73 Å². The summed E-state index contributed by atoms with van der Waals surface area (Å²) in [6, 6.07) is 9.96. The number of nitrogens with two attached hydrogens (primary N) is 1. The highest BCUT2D eigenvalue weighted by molar-refractivity contribution is 5.30. The zero-order valence-electron chi connectivity index (χ0n) is 11.1. The molecule has 1 unspecified atom stereocenters. The molecule has 1 aromatic heterocycles. The van der Waals surface area contributed by atoms with E-state index in [1.54, 1.807) is 0 Å². The van der Waals surface area contributed by atoms with E-state index in [0.717, 1.165) is 12.0 Å². The second-order valence-corrected chi connectivity index (χ2v) is 4.96. The Morgan fingerprint density at radius 1 is 1.28 bits per heavy atom. The van der Waals surface area contributed by atoms with Gasteiger partial charge in [0.25, 0.3) is 0 Å². The summed E-state index contributed by atoms with van der Waals surface area (Å²) in [4.78, 5) is 4.43. The first kappa shape index (κ1) is 12.8. The second-order valence-electron chi connectivity index (χ2n) is 4.96. The summed E-state index contributed by atoms with van der Waals surface area (Å²) in [6.07, 6.45) is 0.785. The van der Waals surface area contributed by atoms with Gasteiger partial charge in [0, 0.05) is 0 Å². The Morgan fingerprint density at radius 3 is 2.56 bits per heavy atom. The highest BCUT2D eigenvalue weighted by Gasteiger charge is 2.29. The molecule has 1 heterocycles. The fourth-order valence-corrected chi connectivity index (χ4v) is 1.80. The van der Waals surface area contributed by atoms with Crippen LogP contribution in [0.15, 0.2) is 34.9 Å². The van der Waals surface area contributed by atoms with Crippen LogP contribution in [0.2, 0.25) is 0 Å². The van der Waals surface area contributed by atoms with E-state index < -0.39 is 0 Å². The lowest BCUT2D eigenvalue weighted by Gasteiger charge is -2.20. The topological polar surface area (TPSA) is 64.9 Å². The van der Waals surface area contributed by atoms with Crippen LogP contribution in [0.5, 0.6) is 0 Å². The highest BCUT2D eigenvalue weighted by Crippen LogP contribution is 2.29. The quantitative estimate of drug-likeness (QED) is 0.899. The molecule has 0 radical (unpaired) electrons. The van der Waals surface area contributed by atoms with E-state index in [9.17, 15) is 0 Å². The molecule has 2 N–H and O–H groups in total. The van der Waals surface area contributed by atoms with E-state index in [1.807, 2.05) is 25.1 Å². The summed E-state index contributed by atoms with van der Waals surface area (Å²) in [5.74, 6) is 1.18. The van der Waals surface area contributed by atoms with E-state index in [2.05, 4.69) is 36.1 Å². The first-order chi connectivity index (χ1) is 8.55. The Hall–Kier alpha value is -1.68. The van der Waals surface area contributed by atoms with Gasteiger partial charge in [0.1, 0.15) is 0 Å². The number of hydrogen-bond donors (Lipinski definition) is 1. The van der Waals surface area contributed by atoms with E-state index >= 15 is 0 Å². The summed E-state index contributed by atoms with van der Waals surface area (Å²) in [5.41, 5.74) is 6.77. The van der Waals surface area contributed by atoms with Crippen molar-refractivity contribution in [2.75, 3.05) is 0 Å². The molecule has 18 heavy (non-hydrogen) atoms. The van der Waals surface area contributed by atoms with Gasteiger partial charge in [-0.1, -0.05) is 42.4 Å². The van der Waals surface area contributed by atoms with Gasteiger partial charge in [0.2, 0.25) is 5.89 Å². The molecule has 0 saturated heterocycles. The Kier molecular flexibility index (Phi) is 3.48. The third-order valence-electron chi connectivity index (χ3n) is 3.25. The predicted molar refractivity (Wildman–Crippen MR) is 70.1 cm³/mol. The Morgan fingerprint density at radius 2 is 1.94 bits per heavy atom. The van der Waals surface area contributed by atoms with Gasteiger partial charge in [-0.15, -0.1) is 0 Å². The van der Waals surface area contributed by atoms with Crippen LogP contribution in [0, 0.1) is 0 Å². The largest absolute Gasteiger partial charge is 0.338 e. The van der Waals surface area contributed by atoms with Gasteiger partial charge in [-0.2, -0.15) is 4.98 Å². The maximum absolute atomic E-state index is 5.89. The van der Waals surface area contributed by atoms with Gasteiger partial charge >= 0.3 is 0 Å². The van der Waals surface area contributed by atoms with Crippen LogP contribution in [-0.4, -0.2) is 10.1 Å². The molecule has 0 spiro atoms. The molecule has 2 rings (SSSR count). The van der Waals surface area contributed by atoms with Crippen molar-refractivity contribution < 1.29 is 4.52 Å². The lowest BCUT2D eigenvalue weighted by molar-refractivity contribution is 0.343. The zero-order valence-corrected chi connectivity index (χ0v) is 11.1. The molecular weight excluding hydrogens is 226 g/mol. The number of benzene rings is 1. The third kappa shape index (κ3) is 2.29. The molecule has 0 fully saturated rings. The summed E-state index contributed by atoms with van der Waals surface area (Å²) in [7, 11) is 0. The fourth-order valence-electron chi connectivity index (χ4n) is 1.80. The lowest BCUT2D eigenvalue weighted by Crippen LogP contribution is -2.21. The van der Waals surface area contributed by atoms with E-state index in [1.165, 1.54) is 0 Å². The highest BCUT2D eigenvalue weighted by atomic mass is 16.5. The first-order valence-electron chi connectivity index (χ1n) is 6.21. The summed E-state index contributed by atoms with van der Waals surface area (Å²) >= 11 is 0. The predicted octanol–water partition coefficient (Wildman–Crippen LogP) is 2.81. The molecule has 0 aliphatic heterocycles. The average Bonchev–Trinajstić information content (AvgIpc) is 2.89. The van der Waals surface area contributed by atoms with Crippen LogP contribution in [0.4, 0.5) is 0 Å². The van der Waals surface area contributed by atoms with Crippen LogP contribution in [-0.2, 0) is 5.41 Å². The maximum atomic E-state index is 5.89. The fraction of sp³-hybridized carbons (Fsp3) is 0.429. The van der Waals surface area contributed by atoms with Crippen LogP contribution >= 0.6 is 0 Å². The minimum absolute atomic E-state index is 0.183. The molecule has 1 atom stereocenters. The molecule has 96 valence electrons. The van der Waals surface area contributed by atoms with Crippen LogP contribution in [0.3, 0.4) is 0 Å². The normalized spacial score (nSPS) is 13.6. The average molecular weight is 245 g/mol.